The van der Waals surface area contributed by atoms with Crippen LogP contribution in [0.1, 0.15) is 100 Å². The fourth-order valence-corrected chi connectivity index (χ4v) is 0.779. The number of hydrogen-bond acceptors (Lipinski definition) is 0. The second-order valence-electron chi connectivity index (χ2n) is 7.13. The fourth-order valence-electron chi connectivity index (χ4n) is 0.779. The molecule has 2 aliphatic rings. The quantitative estimate of drug-likeness (QED) is 0.420. The lowest BCUT2D eigenvalue weighted by Crippen LogP contribution is -2.04. The van der Waals surface area contributed by atoms with Gasteiger partial charge in [-0.1, -0.05) is 93.9 Å². The van der Waals surface area contributed by atoms with Crippen molar-refractivity contribution >= 4 is 0 Å². The highest BCUT2D eigenvalue weighted by Crippen LogP contribution is 2.26. The van der Waals surface area contributed by atoms with E-state index in [2.05, 4.69) is 48.5 Å². The summed E-state index contributed by atoms with van der Waals surface area (Å²) in [5.41, 5.74) is 0. The third-order valence-electron chi connectivity index (χ3n) is 2.66. The van der Waals surface area contributed by atoms with Crippen molar-refractivity contribution in [3.8, 4) is 0 Å². The van der Waals surface area contributed by atoms with Crippen LogP contribution in [0.4, 0.5) is 13.2 Å². The molecule has 138 valence electrons. The summed E-state index contributed by atoms with van der Waals surface area (Å²) >= 11 is 0. The molecule has 0 radical (unpaired) electrons. The molecule has 22 heavy (non-hydrogen) atoms. The topological polar surface area (TPSA) is 0 Å². The summed E-state index contributed by atoms with van der Waals surface area (Å²) in [6.45, 7) is 16.4. The van der Waals surface area contributed by atoms with Crippen molar-refractivity contribution in [2.24, 2.45) is 17.8 Å². The Morgan fingerprint density at radius 3 is 1.00 bits per heavy atom. The molecule has 0 aromatic carbocycles. The predicted octanol–water partition coefficient (Wildman–Crippen LogP) is 8.26. The van der Waals surface area contributed by atoms with Gasteiger partial charge in [0.15, 0.2) is 0 Å². The highest BCUT2D eigenvalue weighted by molar-refractivity contribution is 4.65. The lowest BCUT2D eigenvalue weighted by atomic mass is 9.88. The molecule has 0 aliphatic heterocycles. The maximum atomic E-state index is 10.8. The van der Waals surface area contributed by atoms with E-state index in [-0.39, 0.29) is 0 Å². The van der Waals surface area contributed by atoms with E-state index >= 15 is 0 Å². The van der Waals surface area contributed by atoms with Gasteiger partial charge in [-0.2, -0.15) is 13.2 Å². The SMILES string of the molecule is CC(C)C.CC1CC1.CC1CCC1.CCC.CCC(F)(F)F. The molecule has 0 bridgehead atoms. The van der Waals surface area contributed by atoms with E-state index < -0.39 is 12.6 Å². The minimum atomic E-state index is -3.96. The van der Waals surface area contributed by atoms with E-state index in [9.17, 15) is 13.2 Å². The van der Waals surface area contributed by atoms with Crippen molar-refractivity contribution in [2.45, 2.75) is 107 Å². The minimum absolute atomic E-state index is 0.729. The molecule has 0 atom stereocenters. The molecule has 0 spiro atoms. The van der Waals surface area contributed by atoms with Gasteiger partial charge in [0.05, 0.1) is 0 Å². The van der Waals surface area contributed by atoms with E-state index in [4.69, 9.17) is 0 Å². The lowest BCUT2D eigenvalue weighted by molar-refractivity contribution is -0.130. The zero-order valence-electron chi connectivity index (χ0n) is 16.3. The van der Waals surface area contributed by atoms with E-state index in [1.54, 1.807) is 0 Å². The first-order valence-electron chi connectivity index (χ1n) is 9.06. The Morgan fingerprint density at radius 1 is 0.818 bits per heavy atom. The molecule has 0 nitrogen and oxygen atoms in total. The number of alkyl halides is 3. The second-order valence-corrected chi connectivity index (χ2v) is 7.13. The van der Waals surface area contributed by atoms with Gasteiger partial charge in [0.2, 0.25) is 0 Å². The second kappa shape index (κ2) is 17.1. The summed E-state index contributed by atoms with van der Waals surface area (Å²) in [5.74, 6) is 2.98. The van der Waals surface area contributed by atoms with Crippen molar-refractivity contribution in [3.05, 3.63) is 0 Å². The Hall–Kier alpha value is -0.210. The predicted molar refractivity (Wildman–Crippen MR) is 94.2 cm³/mol. The first-order valence-corrected chi connectivity index (χ1v) is 9.06. The third-order valence-corrected chi connectivity index (χ3v) is 2.66. The van der Waals surface area contributed by atoms with Gasteiger partial charge in [-0.05, 0) is 17.8 Å². The zero-order chi connectivity index (χ0) is 18.2. The van der Waals surface area contributed by atoms with Crippen LogP contribution in [-0.4, -0.2) is 6.18 Å². The summed E-state index contributed by atoms with van der Waals surface area (Å²) in [6.07, 6.45) is 3.99. The van der Waals surface area contributed by atoms with Gasteiger partial charge < -0.3 is 0 Å². The molecule has 0 saturated heterocycles. The normalized spacial score (nSPS) is 16.4. The number of halogens is 3. The Kier molecular flexibility index (Phi) is 20.8. The summed E-state index contributed by atoms with van der Waals surface area (Å²) in [5, 5.41) is 0. The molecule has 0 aromatic rings. The maximum Gasteiger partial charge on any atom is 0.388 e. The molecule has 2 rings (SSSR count). The Balaban J connectivity index is -0.000000209. The van der Waals surface area contributed by atoms with E-state index in [0.717, 1.165) is 24.7 Å². The van der Waals surface area contributed by atoms with Gasteiger partial charge >= 0.3 is 6.18 Å². The van der Waals surface area contributed by atoms with Crippen LogP contribution in [0.25, 0.3) is 0 Å². The van der Waals surface area contributed by atoms with Gasteiger partial charge in [-0.15, -0.1) is 0 Å². The summed E-state index contributed by atoms with van der Waals surface area (Å²) in [7, 11) is 0. The molecule has 0 N–H and O–H groups in total. The maximum absolute atomic E-state index is 10.8. The number of hydrogen-bond donors (Lipinski definition) is 0. The van der Waals surface area contributed by atoms with Crippen molar-refractivity contribution in [3.63, 3.8) is 0 Å². The highest BCUT2D eigenvalue weighted by Gasteiger charge is 2.22. The lowest BCUT2D eigenvalue weighted by Gasteiger charge is -2.18. The van der Waals surface area contributed by atoms with Crippen molar-refractivity contribution in [1.82, 2.24) is 0 Å². The first kappa shape index (κ1) is 26.7. The Labute approximate surface area is 138 Å². The average Bonchev–Trinajstić information content (AvgIpc) is 3.10. The summed E-state index contributed by atoms with van der Waals surface area (Å²) < 4.78 is 32.4. The summed E-state index contributed by atoms with van der Waals surface area (Å²) in [6, 6.07) is 0. The molecule has 2 fully saturated rings. The Bertz CT molecular complexity index is 187. The standard InChI is InChI=1S/C5H10.C4H8.C4H10.C3H5F3.C3H8/c1-5-3-2-4-5;1-4-2-3-4;1-4(2)3;1-2-3(4,5)6;1-3-2/h5H,2-4H2,1H3;4H,2-3H2,1H3;4H,1-3H3;2H2,1H3;3H2,1-2H3. The zero-order valence-corrected chi connectivity index (χ0v) is 16.3. The van der Waals surface area contributed by atoms with Crippen LogP contribution in [0.5, 0.6) is 0 Å². The van der Waals surface area contributed by atoms with Crippen LogP contribution < -0.4 is 0 Å². The van der Waals surface area contributed by atoms with Crippen LogP contribution in [0.2, 0.25) is 0 Å². The molecule has 0 unspecified atom stereocenters. The molecule has 3 heteroatoms. The van der Waals surface area contributed by atoms with Crippen LogP contribution in [0, 0.1) is 17.8 Å². The molecule has 0 heterocycles. The van der Waals surface area contributed by atoms with Crippen molar-refractivity contribution < 1.29 is 13.2 Å². The van der Waals surface area contributed by atoms with E-state index in [0.29, 0.717) is 0 Å². The molecule has 0 aromatic heterocycles. The van der Waals surface area contributed by atoms with Crippen LogP contribution >= 0.6 is 0 Å². The molecule has 0 amide bonds. The van der Waals surface area contributed by atoms with Crippen LogP contribution in [-0.2, 0) is 0 Å². The highest BCUT2D eigenvalue weighted by atomic mass is 19.4. The first-order chi connectivity index (χ1) is 9.99. The van der Waals surface area contributed by atoms with Crippen LogP contribution in [0.15, 0.2) is 0 Å². The average molecular weight is 327 g/mol. The number of rotatable bonds is 0. The molecule has 2 aliphatic carbocycles. The van der Waals surface area contributed by atoms with Crippen molar-refractivity contribution in [1.29, 1.82) is 0 Å². The molecular weight excluding hydrogens is 285 g/mol. The Morgan fingerprint density at radius 2 is 1.00 bits per heavy atom. The fraction of sp³-hybridized carbons (Fsp3) is 1.00. The van der Waals surface area contributed by atoms with Gasteiger partial charge in [0.1, 0.15) is 0 Å². The van der Waals surface area contributed by atoms with Gasteiger partial charge in [0.25, 0.3) is 0 Å². The third kappa shape index (κ3) is 50.3. The monoisotopic (exact) mass is 326 g/mol. The van der Waals surface area contributed by atoms with Crippen LogP contribution in [0.3, 0.4) is 0 Å². The van der Waals surface area contributed by atoms with Crippen molar-refractivity contribution in [2.75, 3.05) is 0 Å². The smallest absolute Gasteiger partial charge is 0.171 e. The van der Waals surface area contributed by atoms with E-state index in [1.165, 1.54) is 38.5 Å². The molecular formula is C19H41F3. The van der Waals surface area contributed by atoms with Gasteiger partial charge in [-0.25, -0.2) is 0 Å². The van der Waals surface area contributed by atoms with Gasteiger partial charge in [-0.3, -0.25) is 0 Å². The minimum Gasteiger partial charge on any atom is -0.171 e. The molecule has 2 saturated carbocycles. The largest absolute Gasteiger partial charge is 0.388 e. The summed E-state index contributed by atoms with van der Waals surface area (Å²) in [4.78, 5) is 0. The van der Waals surface area contributed by atoms with Gasteiger partial charge in [0, 0.05) is 6.42 Å². The van der Waals surface area contributed by atoms with E-state index in [1.807, 2.05) is 0 Å².